The molecule has 2 aliphatic carbocycles. The van der Waals surface area contributed by atoms with Crippen LogP contribution in [-0.4, -0.2) is 10.7 Å². The van der Waals surface area contributed by atoms with Gasteiger partial charge >= 0.3 is 20.1 Å². The molecule has 0 amide bonds. The van der Waals surface area contributed by atoms with Crippen molar-refractivity contribution in [3.05, 3.63) is 130 Å². The molecule has 5 rings (SSSR count). The number of thiophene rings is 1. The maximum absolute atomic E-state index is 9.58. The predicted molar refractivity (Wildman–Crippen MR) is 140 cm³/mol. The maximum atomic E-state index is 9.58. The molecular formula is C29H25IrN2S. The molecule has 0 bridgehead atoms. The van der Waals surface area contributed by atoms with Crippen molar-refractivity contribution in [2.75, 3.05) is 0 Å². The Bertz CT molecular complexity index is 1790. The summed E-state index contributed by atoms with van der Waals surface area (Å²) in [7, 11) is 0. The Labute approximate surface area is 224 Å². The second kappa shape index (κ2) is 11.8. The van der Waals surface area contributed by atoms with E-state index in [2.05, 4.69) is 11.6 Å². The third kappa shape index (κ3) is 6.11. The van der Waals surface area contributed by atoms with Gasteiger partial charge in [-0.05, 0) is 30.1 Å². The molecule has 3 aromatic rings. The van der Waals surface area contributed by atoms with E-state index in [1.165, 1.54) is 11.3 Å². The van der Waals surface area contributed by atoms with Gasteiger partial charge in [0.2, 0.25) is 0 Å². The summed E-state index contributed by atoms with van der Waals surface area (Å²) in [5.41, 5.74) is 2.75. The molecule has 0 radical (unpaired) electrons. The predicted octanol–water partition coefficient (Wildman–Crippen LogP) is 6.10. The van der Waals surface area contributed by atoms with Gasteiger partial charge in [0.05, 0.1) is 11.0 Å². The summed E-state index contributed by atoms with van der Waals surface area (Å²) < 4.78 is 64.8. The largest absolute Gasteiger partial charge is 3.00 e. The molecule has 2 aromatic heterocycles. The van der Waals surface area contributed by atoms with Crippen molar-refractivity contribution in [1.29, 1.82) is 0 Å². The molecule has 0 saturated heterocycles. The van der Waals surface area contributed by atoms with E-state index in [1.807, 2.05) is 37.6 Å². The maximum Gasteiger partial charge on any atom is 3.00 e. The zero-order chi connectivity index (χ0) is 29.3. The molecule has 33 heavy (non-hydrogen) atoms. The van der Waals surface area contributed by atoms with Crippen molar-refractivity contribution in [2.45, 2.75) is 19.8 Å². The van der Waals surface area contributed by atoms with Crippen LogP contribution in [0.25, 0.3) is 27.1 Å². The fourth-order valence-electron chi connectivity index (χ4n) is 3.20. The number of hydrogen-bond acceptors (Lipinski definition) is 2. The first-order chi connectivity index (χ1) is 18.9. The number of allylic oxidation sites excluding steroid dienone is 7. The Hall–Kier alpha value is -2.91. The Morgan fingerprint density at radius 2 is 1.97 bits per heavy atom. The van der Waals surface area contributed by atoms with E-state index in [4.69, 9.17) is 11.0 Å². The molecule has 2 heterocycles. The third-order valence-electron chi connectivity index (χ3n) is 4.69. The van der Waals surface area contributed by atoms with Crippen LogP contribution in [0.5, 0.6) is 0 Å². The third-order valence-corrected chi connectivity index (χ3v) is 5.84. The molecule has 166 valence electrons. The molecular weight excluding hydrogens is 601 g/mol. The second-order valence-electron chi connectivity index (χ2n) is 7.11. The summed E-state index contributed by atoms with van der Waals surface area (Å²) >= 11 is 1.19. The minimum absolute atomic E-state index is 0. The number of rotatable bonds is 4. The standard InChI is InChI=1S/C17H12NS.C12H13N.Ir/c1-2-10-16-12(6-1)13-7-5-8-14(17(13)19-16)15-9-3-4-11-18-15;1-10(2)8-9-12(13)11-6-4-3-5-7-11;/h1-4,6-11H,5H2;3-4,6-9H,1,5H2,2H3;/q-1;-2;+3/b;9-8-;/i1D,2D,3D,4D,6D,9D,10D,11D;;. The summed E-state index contributed by atoms with van der Waals surface area (Å²) in [4.78, 5) is 4.03. The smallest absolute Gasteiger partial charge is 0.872 e. The Balaban J connectivity index is 0.000000280. The molecule has 0 atom stereocenters. The topological polar surface area (TPSA) is 35.2 Å². The molecule has 0 aliphatic heterocycles. The molecule has 0 spiro atoms. The Morgan fingerprint density at radius 1 is 1.15 bits per heavy atom. The van der Waals surface area contributed by atoms with Crippen LogP contribution in [0, 0.1) is 12.8 Å². The number of pyridine rings is 1. The van der Waals surface area contributed by atoms with Crippen molar-refractivity contribution >= 4 is 38.8 Å². The van der Waals surface area contributed by atoms with Crippen molar-refractivity contribution < 1.29 is 31.1 Å². The average molecular weight is 634 g/mol. The van der Waals surface area contributed by atoms with Crippen molar-refractivity contribution in [3.63, 3.8) is 0 Å². The quantitative estimate of drug-likeness (QED) is 0.194. The average Bonchev–Trinajstić information content (AvgIpc) is 3.35. The van der Waals surface area contributed by atoms with E-state index in [0.717, 1.165) is 17.6 Å². The van der Waals surface area contributed by atoms with Crippen LogP contribution in [0.3, 0.4) is 0 Å². The summed E-state index contributed by atoms with van der Waals surface area (Å²) in [5, 5.41) is 10.7. The fourth-order valence-corrected chi connectivity index (χ4v) is 4.36. The molecule has 0 fully saturated rings. The number of nitrogens with zero attached hydrogens (tertiary/aromatic N) is 2. The molecule has 0 unspecified atom stereocenters. The second-order valence-corrected chi connectivity index (χ2v) is 8.13. The van der Waals surface area contributed by atoms with Gasteiger partial charge in [0.1, 0.15) is 0 Å². The number of benzene rings is 1. The van der Waals surface area contributed by atoms with Crippen molar-refractivity contribution in [3.8, 4) is 0 Å². The summed E-state index contributed by atoms with van der Waals surface area (Å²) in [5.74, 6) is 0. The van der Waals surface area contributed by atoms with Crippen LogP contribution in [0.2, 0.25) is 0 Å². The first-order valence-corrected chi connectivity index (χ1v) is 10.9. The number of fused-ring (bicyclic) bond motifs is 3. The molecule has 4 heteroatoms. The van der Waals surface area contributed by atoms with Crippen LogP contribution in [0.1, 0.15) is 36.4 Å². The van der Waals surface area contributed by atoms with Gasteiger partial charge in [-0.1, -0.05) is 77.1 Å². The Kier molecular flexibility index (Phi) is 5.67. The molecule has 0 saturated carbocycles. The van der Waals surface area contributed by atoms with Gasteiger partial charge in [-0.2, -0.15) is 18.9 Å². The SMILES string of the molecule is C=C(C)/C=C\C(=[N-])C1=CC=CC[CH-]1.[2H]c1nc(C2=c3sc4c([2H])c([2H])c([2H])c([2H])c4c3=CC[CH-]2)c([2H])c([2H])c1[2H].[Ir+3]. The van der Waals surface area contributed by atoms with Crippen LogP contribution < -0.4 is 9.75 Å². The summed E-state index contributed by atoms with van der Waals surface area (Å²) in [6.45, 7) is 5.61. The molecule has 2 nitrogen and oxygen atoms in total. The van der Waals surface area contributed by atoms with E-state index in [0.29, 0.717) is 37.5 Å². The van der Waals surface area contributed by atoms with Crippen LogP contribution >= 0.6 is 11.3 Å². The van der Waals surface area contributed by atoms with Gasteiger partial charge in [-0.25, -0.2) is 16.9 Å². The first-order valence-electron chi connectivity index (χ1n) is 14.0. The normalized spacial score (nSPS) is 17.4. The van der Waals surface area contributed by atoms with Gasteiger partial charge in [-0.3, -0.25) is 5.71 Å². The monoisotopic (exact) mass is 634 g/mol. The van der Waals surface area contributed by atoms with Gasteiger partial charge < -0.3 is 10.4 Å². The van der Waals surface area contributed by atoms with Gasteiger partial charge in [0.25, 0.3) is 0 Å². The van der Waals surface area contributed by atoms with Gasteiger partial charge in [0, 0.05) is 10.9 Å². The Morgan fingerprint density at radius 3 is 2.76 bits per heavy atom. The van der Waals surface area contributed by atoms with Crippen LogP contribution in [0.15, 0.2) is 96.6 Å². The van der Waals surface area contributed by atoms with Crippen molar-refractivity contribution in [2.24, 2.45) is 0 Å². The van der Waals surface area contributed by atoms with Crippen LogP contribution in [0.4, 0.5) is 0 Å². The first kappa shape index (κ1) is 15.8. The minimum Gasteiger partial charge on any atom is -0.872 e. The molecule has 0 N–H and O–H groups in total. The van der Waals surface area contributed by atoms with E-state index >= 15 is 0 Å². The minimum atomic E-state index is -0.400. The summed E-state index contributed by atoms with van der Waals surface area (Å²) in [6.07, 6.45) is 16.0. The fraction of sp³-hybridized carbons (Fsp3) is 0.103. The van der Waals surface area contributed by atoms with E-state index in [-0.39, 0.29) is 68.2 Å². The number of hydrogen-bond donors (Lipinski definition) is 0. The van der Waals surface area contributed by atoms with Crippen molar-refractivity contribution in [1.82, 2.24) is 4.98 Å². The van der Waals surface area contributed by atoms with Gasteiger partial charge in [-0.15, -0.1) is 23.8 Å². The van der Waals surface area contributed by atoms with E-state index in [1.54, 1.807) is 18.6 Å². The number of aromatic nitrogens is 1. The van der Waals surface area contributed by atoms with E-state index < -0.39 is 6.04 Å². The molecule has 1 aromatic carbocycles. The zero-order valence-corrected chi connectivity index (χ0v) is 21.1. The molecule has 2 aliphatic rings. The van der Waals surface area contributed by atoms with Gasteiger partial charge in [0.15, 0.2) is 0 Å². The zero-order valence-electron chi connectivity index (χ0n) is 25.9. The summed E-state index contributed by atoms with van der Waals surface area (Å²) in [6, 6.07) is -1.82. The van der Waals surface area contributed by atoms with Crippen LogP contribution in [-0.2, 0) is 20.1 Å². The van der Waals surface area contributed by atoms with E-state index in [9.17, 15) is 5.41 Å².